The molecule has 5 aromatic rings. The molecule has 48 heavy (non-hydrogen) atoms. The molecule has 4 heterocycles. The first kappa shape index (κ1) is 32.9. The number of carbonyl (C=O) groups is 2. The van der Waals surface area contributed by atoms with Crippen molar-refractivity contribution in [3.63, 3.8) is 0 Å². The van der Waals surface area contributed by atoms with Crippen LogP contribution in [0, 0.1) is 0 Å². The maximum Gasteiger partial charge on any atom is 0.335 e. The number of hydrogen-bond acceptors (Lipinski definition) is 7. The van der Waals surface area contributed by atoms with Crippen LogP contribution in [0.15, 0.2) is 101 Å². The molecule has 0 radical (unpaired) electrons. The number of aromatic carboxylic acids is 2. The molecule has 0 bridgehead atoms. The lowest BCUT2D eigenvalue weighted by atomic mass is 10.0. The summed E-state index contributed by atoms with van der Waals surface area (Å²) in [5, 5.41) is 19.2. The zero-order valence-corrected chi connectivity index (χ0v) is 27.7. The number of benzene rings is 2. The maximum absolute atomic E-state index is 11.7. The van der Waals surface area contributed by atoms with Crippen LogP contribution < -0.4 is 4.90 Å². The third-order valence-corrected chi connectivity index (χ3v) is 9.67. The van der Waals surface area contributed by atoms with Gasteiger partial charge in [0.15, 0.2) is 0 Å². The normalized spacial score (nSPS) is 12.0. The highest BCUT2D eigenvalue weighted by atomic mass is 32.2. The van der Waals surface area contributed by atoms with Crippen molar-refractivity contribution in [3.8, 4) is 33.9 Å². The SMILES string of the molecule is CCCCCCCCCCN1c2ccccc2Sc2cc(-c3cc(-c4cc(C(=O)O)ccn4)nc(-c4cc(C(=O)O)ccn4)c3)ccc21. The number of hydrogen-bond donors (Lipinski definition) is 2. The molecule has 0 amide bonds. The molecule has 3 aromatic heterocycles. The molecule has 6 rings (SSSR count). The van der Waals surface area contributed by atoms with Crippen LogP contribution in [0.1, 0.15) is 79.0 Å². The predicted octanol–water partition coefficient (Wildman–Crippen LogP) is 10.0. The van der Waals surface area contributed by atoms with Gasteiger partial charge in [-0.05, 0) is 78.2 Å². The fraction of sp³-hybridized carbons (Fsp3) is 0.256. The van der Waals surface area contributed by atoms with Gasteiger partial charge in [0.1, 0.15) is 0 Å². The molecule has 0 unspecified atom stereocenters. The Morgan fingerprint density at radius 1 is 0.625 bits per heavy atom. The van der Waals surface area contributed by atoms with E-state index in [2.05, 4.69) is 64.3 Å². The number of rotatable bonds is 14. The minimum atomic E-state index is -1.06. The van der Waals surface area contributed by atoms with Crippen LogP contribution in [0.5, 0.6) is 0 Å². The lowest BCUT2D eigenvalue weighted by Crippen LogP contribution is -2.22. The third kappa shape index (κ3) is 7.58. The van der Waals surface area contributed by atoms with E-state index in [1.165, 1.54) is 97.9 Å². The molecule has 244 valence electrons. The van der Waals surface area contributed by atoms with Gasteiger partial charge in [-0.15, -0.1) is 0 Å². The third-order valence-electron chi connectivity index (χ3n) is 8.56. The lowest BCUT2D eigenvalue weighted by molar-refractivity contribution is 0.0686. The molecule has 1 aliphatic heterocycles. The van der Waals surface area contributed by atoms with E-state index in [9.17, 15) is 19.8 Å². The number of aromatic nitrogens is 3. The van der Waals surface area contributed by atoms with Gasteiger partial charge >= 0.3 is 11.9 Å². The number of fused-ring (bicyclic) bond motifs is 2. The number of carboxylic acids is 2. The summed E-state index contributed by atoms with van der Waals surface area (Å²) in [4.78, 5) is 41.9. The van der Waals surface area contributed by atoms with E-state index in [-0.39, 0.29) is 11.1 Å². The first-order valence-electron chi connectivity index (χ1n) is 16.5. The zero-order valence-electron chi connectivity index (χ0n) is 26.9. The van der Waals surface area contributed by atoms with Crippen LogP contribution in [0.25, 0.3) is 33.9 Å². The summed E-state index contributed by atoms with van der Waals surface area (Å²) in [6, 6.07) is 24.6. The summed E-state index contributed by atoms with van der Waals surface area (Å²) < 4.78 is 0. The van der Waals surface area contributed by atoms with Gasteiger partial charge in [-0.25, -0.2) is 14.6 Å². The summed E-state index contributed by atoms with van der Waals surface area (Å²) >= 11 is 1.75. The van der Waals surface area contributed by atoms with Gasteiger partial charge in [0, 0.05) is 28.7 Å². The number of anilines is 2. The molecular formula is C39H38N4O4S. The highest BCUT2D eigenvalue weighted by molar-refractivity contribution is 7.99. The molecule has 0 saturated carbocycles. The van der Waals surface area contributed by atoms with Crippen LogP contribution >= 0.6 is 11.8 Å². The Balaban J connectivity index is 1.35. The van der Waals surface area contributed by atoms with Crippen LogP contribution in [0.3, 0.4) is 0 Å². The summed E-state index contributed by atoms with van der Waals surface area (Å²) in [6.07, 6.45) is 13.0. The molecule has 1 aliphatic rings. The Morgan fingerprint density at radius 2 is 1.21 bits per heavy atom. The minimum absolute atomic E-state index is 0.0974. The average molecular weight is 659 g/mol. The molecule has 0 aliphatic carbocycles. The van der Waals surface area contributed by atoms with Crippen molar-refractivity contribution in [2.75, 3.05) is 11.4 Å². The van der Waals surface area contributed by atoms with E-state index in [1.807, 2.05) is 12.1 Å². The van der Waals surface area contributed by atoms with Crippen LogP contribution in [-0.2, 0) is 0 Å². The molecule has 0 spiro atoms. The topological polar surface area (TPSA) is 117 Å². The first-order valence-corrected chi connectivity index (χ1v) is 17.3. The molecular weight excluding hydrogens is 621 g/mol. The molecule has 8 nitrogen and oxygen atoms in total. The van der Waals surface area contributed by atoms with Gasteiger partial charge in [-0.2, -0.15) is 0 Å². The van der Waals surface area contributed by atoms with Crippen LogP contribution in [0.4, 0.5) is 11.4 Å². The number of nitrogens with zero attached hydrogens (tertiary/aromatic N) is 4. The van der Waals surface area contributed by atoms with Gasteiger partial charge < -0.3 is 15.1 Å². The predicted molar refractivity (Wildman–Crippen MR) is 190 cm³/mol. The number of para-hydroxylation sites is 1. The molecule has 2 N–H and O–H groups in total. The van der Waals surface area contributed by atoms with Gasteiger partial charge in [-0.3, -0.25) is 9.97 Å². The zero-order chi connectivity index (χ0) is 33.5. The standard InChI is InChI=1S/C39H38N4O4S/c1-2-3-4-5-6-7-8-11-20-43-34-12-9-10-13-36(34)48-37-25-26(14-15-35(37)43)29-23-32(30-21-27(38(44)45)16-18-40-30)42-33(24-29)31-22-28(39(46)47)17-19-41-31/h9-10,12-19,21-25H,2-8,11,20H2,1H3,(H,44,45)(H,46,47). The summed E-state index contributed by atoms with van der Waals surface area (Å²) in [7, 11) is 0. The van der Waals surface area contributed by atoms with Crippen LogP contribution in [0.2, 0.25) is 0 Å². The van der Waals surface area contributed by atoms with Crippen molar-refractivity contribution in [3.05, 3.63) is 102 Å². The van der Waals surface area contributed by atoms with E-state index >= 15 is 0 Å². The quantitative estimate of drug-likeness (QED) is 0.112. The van der Waals surface area contributed by atoms with E-state index in [4.69, 9.17) is 4.98 Å². The highest BCUT2D eigenvalue weighted by Gasteiger charge is 2.24. The van der Waals surface area contributed by atoms with Crippen molar-refractivity contribution >= 4 is 35.1 Å². The average Bonchev–Trinajstić information content (AvgIpc) is 3.12. The lowest BCUT2D eigenvalue weighted by Gasteiger charge is -2.33. The fourth-order valence-electron chi connectivity index (χ4n) is 6.02. The fourth-order valence-corrected chi connectivity index (χ4v) is 7.16. The van der Waals surface area contributed by atoms with Crippen LogP contribution in [-0.4, -0.2) is 43.6 Å². The second-order valence-corrected chi connectivity index (χ2v) is 13.1. The second kappa shape index (κ2) is 15.3. The smallest absolute Gasteiger partial charge is 0.335 e. The summed E-state index contributed by atoms with van der Waals surface area (Å²) in [5.74, 6) is -2.12. The van der Waals surface area contributed by atoms with E-state index in [0.717, 1.165) is 29.0 Å². The van der Waals surface area contributed by atoms with Crippen molar-refractivity contribution in [2.45, 2.75) is 68.1 Å². The van der Waals surface area contributed by atoms with Gasteiger partial charge in [0.25, 0.3) is 0 Å². The molecule has 0 fully saturated rings. The summed E-state index contributed by atoms with van der Waals surface area (Å²) in [6.45, 7) is 3.20. The molecule has 0 saturated heterocycles. The van der Waals surface area contributed by atoms with Crippen molar-refractivity contribution in [1.82, 2.24) is 15.0 Å². The second-order valence-electron chi connectivity index (χ2n) is 12.0. The first-order chi connectivity index (χ1) is 23.4. The monoisotopic (exact) mass is 658 g/mol. The van der Waals surface area contributed by atoms with Gasteiger partial charge in [0.2, 0.25) is 0 Å². The van der Waals surface area contributed by atoms with E-state index < -0.39 is 11.9 Å². The van der Waals surface area contributed by atoms with Gasteiger partial charge in [0.05, 0.1) is 45.3 Å². The van der Waals surface area contributed by atoms with Gasteiger partial charge in [-0.1, -0.05) is 81.8 Å². The van der Waals surface area contributed by atoms with E-state index in [0.29, 0.717) is 22.8 Å². The minimum Gasteiger partial charge on any atom is -0.478 e. The Morgan fingerprint density at radius 3 is 1.83 bits per heavy atom. The summed E-state index contributed by atoms with van der Waals surface area (Å²) in [5.41, 5.74) is 6.08. The Labute approximate surface area is 284 Å². The Kier molecular flexibility index (Phi) is 10.5. The van der Waals surface area contributed by atoms with E-state index in [1.54, 1.807) is 11.8 Å². The Hall–Kier alpha value is -5.02. The molecule has 2 aromatic carbocycles. The molecule has 0 atom stereocenters. The Bertz CT molecular complexity index is 1870. The number of unbranched alkanes of at least 4 members (excludes halogenated alkanes) is 7. The largest absolute Gasteiger partial charge is 0.478 e. The number of carboxylic acid groups (broad SMARTS) is 2. The number of pyridine rings is 3. The molecule has 9 heteroatoms. The highest BCUT2D eigenvalue weighted by Crippen LogP contribution is 2.49. The van der Waals surface area contributed by atoms with Crippen molar-refractivity contribution in [1.29, 1.82) is 0 Å². The maximum atomic E-state index is 11.7. The van der Waals surface area contributed by atoms with Crippen molar-refractivity contribution < 1.29 is 19.8 Å². The van der Waals surface area contributed by atoms with Crippen molar-refractivity contribution in [2.24, 2.45) is 0 Å².